The molecule has 0 bridgehead atoms. The molecule has 6 rings (SSSR count). The number of sulfonamides is 1. The van der Waals surface area contributed by atoms with Gasteiger partial charge in [-0.2, -0.15) is 0 Å². The number of benzene rings is 2. The number of nitrogens with one attached hydrogen (secondary N) is 1. The minimum absolute atomic E-state index is 0.104. The Bertz CT molecular complexity index is 1530. The van der Waals surface area contributed by atoms with Crippen LogP contribution in [0, 0.1) is 0 Å². The highest BCUT2D eigenvalue weighted by Crippen LogP contribution is 2.38. The average Bonchev–Trinajstić information content (AvgIpc) is 3.54. The van der Waals surface area contributed by atoms with Gasteiger partial charge in [-0.25, -0.2) is 23.4 Å². The number of imidazole rings is 1. The number of carbonyl (C=O) groups excluding carboxylic acids is 1. The number of aryl methyl sites for hydroxylation is 1. The summed E-state index contributed by atoms with van der Waals surface area (Å²) in [5.41, 5.74) is 3.11. The molecule has 1 amide bonds. The highest BCUT2D eigenvalue weighted by atomic mass is 32.2. The fourth-order valence-electron chi connectivity index (χ4n) is 4.43. The van der Waals surface area contributed by atoms with Gasteiger partial charge < -0.3 is 9.64 Å². The Labute approximate surface area is 201 Å². The van der Waals surface area contributed by atoms with Crippen LogP contribution in [0.25, 0.3) is 5.82 Å². The maximum absolute atomic E-state index is 13.1. The Balaban J connectivity index is 1.19. The standard InChI is InChI=1S/C24H20N6O4S/c31-23-6-1-16-11-20(12-17-7-9-30(23)24(16)17)35(32,33)28-18-2-4-19(5-3-18)34-22-13-21(26-14-27-22)29-10-8-25-15-29/h2-5,8,10-15,28H,1,6-7,9H2. The number of hydrogen-bond donors (Lipinski definition) is 1. The Morgan fingerprint density at radius 2 is 1.77 bits per heavy atom. The number of carbonyl (C=O) groups is 1. The third-order valence-corrected chi connectivity index (χ3v) is 7.42. The quantitative estimate of drug-likeness (QED) is 0.443. The number of aromatic nitrogens is 4. The molecule has 11 heteroatoms. The third kappa shape index (κ3) is 3.99. The van der Waals surface area contributed by atoms with E-state index in [-0.39, 0.29) is 10.8 Å². The van der Waals surface area contributed by atoms with Gasteiger partial charge in [0, 0.05) is 37.1 Å². The number of hydrogen-bond acceptors (Lipinski definition) is 7. The van der Waals surface area contributed by atoms with Crippen LogP contribution < -0.4 is 14.4 Å². The van der Waals surface area contributed by atoms with Crippen LogP contribution in [0.1, 0.15) is 17.5 Å². The van der Waals surface area contributed by atoms with Gasteiger partial charge in [0.1, 0.15) is 24.2 Å². The molecule has 1 N–H and O–H groups in total. The van der Waals surface area contributed by atoms with Crippen molar-refractivity contribution in [2.75, 3.05) is 16.2 Å². The van der Waals surface area contributed by atoms with Crippen molar-refractivity contribution in [2.24, 2.45) is 0 Å². The Morgan fingerprint density at radius 3 is 2.54 bits per heavy atom. The monoisotopic (exact) mass is 488 g/mol. The highest BCUT2D eigenvalue weighted by molar-refractivity contribution is 7.92. The summed E-state index contributed by atoms with van der Waals surface area (Å²) in [5, 5.41) is 0. The minimum Gasteiger partial charge on any atom is -0.439 e. The molecule has 35 heavy (non-hydrogen) atoms. The fourth-order valence-corrected chi connectivity index (χ4v) is 5.59. The summed E-state index contributed by atoms with van der Waals surface area (Å²) in [6.45, 7) is 0.607. The van der Waals surface area contributed by atoms with Crippen LogP contribution >= 0.6 is 0 Å². The van der Waals surface area contributed by atoms with E-state index in [1.807, 2.05) is 0 Å². The van der Waals surface area contributed by atoms with E-state index in [0.29, 0.717) is 48.9 Å². The largest absolute Gasteiger partial charge is 0.439 e. The van der Waals surface area contributed by atoms with Gasteiger partial charge in [-0.1, -0.05) is 0 Å². The average molecular weight is 489 g/mol. The smallest absolute Gasteiger partial charge is 0.261 e. The molecule has 0 radical (unpaired) electrons. The highest BCUT2D eigenvalue weighted by Gasteiger charge is 2.33. The lowest BCUT2D eigenvalue weighted by atomic mass is 10.00. The predicted octanol–water partition coefficient (Wildman–Crippen LogP) is 3.09. The second-order valence-electron chi connectivity index (χ2n) is 8.30. The van der Waals surface area contributed by atoms with Crippen LogP contribution in [-0.2, 0) is 27.7 Å². The lowest BCUT2D eigenvalue weighted by molar-refractivity contribution is -0.118. The van der Waals surface area contributed by atoms with Crippen molar-refractivity contribution in [1.82, 2.24) is 19.5 Å². The van der Waals surface area contributed by atoms with E-state index in [2.05, 4.69) is 19.7 Å². The van der Waals surface area contributed by atoms with E-state index in [1.54, 1.807) is 70.7 Å². The molecule has 0 saturated carbocycles. The molecule has 4 heterocycles. The molecule has 2 aliphatic rings. The molecule has 2 aromatic heterocycles. The first kappa shape index (κ1) is 21.3. The summed E-state index contributed by atoms with van der Waals surface area (Å²) >= 11 is 0. The number of nitrogens with zero attached hydrogens (tertiary/aromatic N) is 5. The molecule has 4 aromatic rings. The van der Waals surface area contributed by atoms with Gasteiger partial charge in [0.25, 0.3) is 10.0 Å². The summed E-state index contributed by atoms with van der Waals surface area (Å²) in [5.74, 6) is 1.55. The molecule has 0 aliphatic carbocycles. The van der Waals surface area contributed by atoms with Crippen LogP contribution in [-0.4, -0.2) is 40.4 Å². The minimum atomic E-state index is -3.80. The molecule has 0 fully saturated rings. The normalized spacial score (nSPS) is 14.6. The topological polar surface area (TPSA) is 119 Å². The van der Waals surface area contributed by atoms with E-state index < -0.39 is 10.0 Å². The van der Waals surface area contributed by atoms with Crippen LogP contribution in [0.15, 0.2) is 72.4 Å². The van der Waals surface area contributed by atoms with E-state index in [0.717, 1.165) is 16.8 Å². The van der Waals surface area contributed by atoms with Gasteiger partial charge >= 0.3 is 0 Å². The summed E-state index contributed by atoms with van der Waals surface area (Å²) < 4.78 is 36.4. The second kappa shape index (κ2) is 8.20. The molecular weight excluding hydrogens is 468 g/mol. The SMILES string of the molecule is O=C1CCc2cc(S(=O)(=O)Nc3ccc(Oc4cc(-n5ccnc5)ncn4)cc3)cc3c2N1CC3. The van der Waals surface area contributed by atoms with Gasteiger partial charge in [-0.3, -0.25) is 14.1 Å². The van der Waals surface area contributed by atoms with E-state index in [1.165, 1.54) is 6.33 Å². The van der Waals surface area contributed by atoms with Gasteiger partial charge in [-0.15, -0.1) is 0 Å². The van der Waals surface area contributed by atoms with Gasteiger partial charge in [-0.05, 0) is 60.4 Å². The first-order valence-corrected chi connectivity index (χ1v) is 12.5. The van der Waals surface area contributed by atoms with Crippen LogP contribution in [0.2, 0.25) is 0 Å². The summed E-state index contributed by atoms with van der Waals surface area (Å²) in [6, 6.07) is 11.6. The molecular formula is C24H20N6O4S. The van der Waals surface area contributed by atoms with Crippen LogP contribution in [0.5, 0.6) is 11.6 Å². The molecule has 0 saturated heterocycles. The Kier molecular flexibility index (Phi) is 4.99. The molecule has 2 aromatic carbocycles. The number of ether oxygens (including phenoxy) is 1. The lowest BCUT2D eigenvalue weighted by Gasteiger charge is -2.25. The maximum Gasteiger partial charge on any atom is 0.261 e. The summed E-state index contributed by atoms with van der Waals surface area (Å²) in [6.07, 6.45) is 8.05. The van der Waals surface area contributed by atoms with Gasteiger partial charge in [0.15, 0.2) is 0 Å². The van der Waals surface area contributed by atoms with Crippen LogP contribution in [0.4, 0.5) is 11.4 Å². The number of anilines is 2. The predicted molar refractivity (Wildman–Crippen MR) is 127 cm³/mol. The van der Waals surface area contributed by atoms with E-state index in [9.17, 15) is 13.2 Å². The van der Waals surface area contributed by atoms with E-state index >= 15 is 0 Å². The second-order valence-corrected chi connectivity index (χ2v) is 9.98. The first-order valence-electron chi connectivity index (χ1n) is 11.0. The third-order valence-electron chi connectivity index (χ3n) is 6.06. The lowest BCUT2D eigenvalue weighted by Crippen LogP contribution is -2.33. The summed E-state index contributed by atoms with van der Waals surface area (Å²) in [4.78, 5) is 26.4. The Morgan fingerprint density at radius 1 is 0.971 bits per heavy atom. The zero-order valence-corrected chi connectivity index (χ0v) is 19.3. The molecule has 2 aliphatic heterocycles. The molecule has 0 atom stereocenters. The van der Waals surface area contributed by atoms with Crippen molar-refractivity contribution in [3.8, 4) is 17.4 Å². The van der Waals surface area contributed by atoms with Crippen molar-refractivity contribution >= 4 is 27.3 Å². The zero-order valence-electron chi connectivity index (χ0n) is 18.5. The number of rotatable bonds is 6. The first-order chi connectivity index (χ1) is 17.0. The molecule has 10 nitrogen and oxygen atoms in total. The Hall–Kier alpha value is -4.25. The van der Waals surface area contributed by atoms with Gasteiger partial charge in [0.2, 0.25) is 11.8 Å². The number of amides is 1. The molecule has 0 unspecified atom stereocenters. The van der Waals surface area contributed by atoms with Crippen LogP contribution in [0.3, 0.4) is 0 Å². The van der Waals surface area contributed by atoms with Crippen molar-refractivity contribution in [2.45, 2.75) is 24.2 Å². The van der Waals surface area contributed by atoms with Crippen molar-refractivity contribution in [1.29, 1.82) is 0 Å². The molecule has 176 valence electrons. The maximum atomic E-state index is 13.1. The van der Waals surface area contributed by atoms with Crippen molar-refractivity contribution in [3.63, 3.8) is 0 Å². The summed E-state index contributed by atoms with van der Waals surface area (Å²) in [7, 11) is -3.80. The van der Waals surface area contributed by atoms with E-state index in [4.69, 9.17) is 4.74 Å². The van der Waals surface area contributed by atoms with Gasteiger partial charge in [0.05, 0.1) is 10.6 Å². The van der Waals surface area contributed by atoms with Crippen molar-refractivity contribution in [3.05, 3.63) is 78.6 Å². The molecule has 0 spiro atoms. The van der Waals surface area contributed by atoms with Crippen molar-refractivity contribution < 1.29 is 17.9 Å². The zero-order chi connectivity index (χ0) is 24.0. The fraction of sp³-hybridized carbons (Fsp3) is 0.167.